The highest BCUT2D eigenvalue weighted by atomic mass is 16.6. The van der Waals surface area contributed by atoms with Crippen molar-refractivity contribution >= 4 is 17.3 Å². The van der Waals surface area contributed by atoms with Crippen LogP contribution in [0.4, 0.5) is 11.4 Å². The maximum atomic E-state index is 11.3. The predicted octanol–water partition coefficient (Wildman–Crippen LogP) is 1.58. The third-order valence-corrected chi connectivity index (χ3v) is 4.36. The zero-order valence-electron chi connectivity index (χ0n) is 11.6. The number of carboxylic acids is 1. The van der Waals surface area contributed by atoms with E-state index in [4.69, 9.17) is 5.11 Å². The fourth-order valence-electron chi connectivity index (χ4n) is 3.36. The normalized spacial score (nSPS) is 22.1. The van der Waals surface area contributed by atoms with E-state index < -0.39 is 10.9 Å². The first kappa shape index (κ1) is 13.8. The van der Waals surface area contributed by atoms with Gasteiger partial charge in [0.25, 0.3) is 0 Å². The molecule has 7 nitrogen and oxygen atoms in total. The Morgan fingerprint density at radius 1 is 1.33 bits per heavy atom. The Balaban J connectivity index is 1.96. The van der Waals surface area contributed by atoms with Crippen molar-refractivity contribution < 1.29 is 14.8 Å². The smallest absolute Gasteiger partial charge is 0.342 e. The van der Waals surface area contributed by atoms with E-state index >= 15 is 0 Å². The summed E-state index contributed by atoms with van der Waals surface area (Å²) < 4.78 is 0. The number of fused-ring (bicyclic) bond motifs is 1. The Morgan fingerprint density at radius 2 is 2.14 bits per heavy atom. The topological polar surface area (TPSA) is 86.9 Å². The summed E-state index contributed by atoms with van der Waals surface area (Å²) in [5.41, 5.74) is -0.116. The molecule has 1 unspecified atom stereocenters. The van der Waals surface area contributed by atoms with Crippen molar-refractivity contribution in [1.82, 2.24) is 4.90 Å². The summed E-state index contributed by atoms with van der Waals surface area (Å²) in [6.07, 6.45) is 2.26. The second-order valence-electron chi connectivity index (χ2n) is 5.51. The van der Waals surface area contributed by atoms with Crippen molar-refractivity contribution in [2.75, 3.05) is 31.1 Å². The van der Waals surface area contributed by atoms with Crippen molar-refractivity contribution in [1.29, 1.82) is 0 Å². The third-order valence-electron chi connectivity index (χ3n) is 4.36. The predicted molar refractivity (Wildman–Crippen MR) is 76.9 cm³/mol. The number of para-hydroxylation sites is 1. The fraction of sp³-hybridized carbons (Fsp3) is 0.500. The Labute approximate surface area is 121 Å². The van der Waals surface area contributed by atoms with E-state index in [0.29, 0.717) is 18.3 Å². The Hall–Kier alpha value is -2.15. The van der Waals surface area contributed by atoms with Gasteiger partial charge in [0.15, 0.2) is 0 Å². The molecule has 1 aromatic carbocycles. The zero-order chi connectivity index (χ0) is 15.0. The van der Waals surface area contributed by atoms with Crippen LogP contribution in [0.3, 0.4) is 0 Å². The van der Waals surface area contributed by atoms with Crippen LogP contribution in [0, 0.1) is 10.1 Å². The second-order valence-corrected chi connectivity index (χ2v) is 5.51. The van der Waals surface area contributed by atoms with Gasteiger partial charge in [0.1, 0.15) is 11.3 Å². The number of nitrogens with zero attached hydrogens (tertiary/aromatic N) is 3. The summed E-state index contributed by atoms with van der Waals surface area (Å²) in [7, 11) is 0. The van der Waals surface area contributed by atoms with Gasteiger partial charge < -0.3 is 10.0 Å². The van der Waals surface area contributed by atoms with Crippen LogP contribution in [0.1, 0.15) is 23.2 Å². The van der Waals surface area contributed by atoms with Crippen LogP contribution in [-0.2, 0) is 0 Å². The number of carboxylic acid groups (broad SMARTS) is 1. The largest absolute Gasteiger partial charge is 0.477 e. The lowest BCUT2D eigenvalue weighted by Crippen LogP contribution is -2.50. The maximum Gasteiger partial charge on any atom is 0.342 e. The van der Waals surface area contributed by atoms with Gasteiger partial charge in [-0.25, -0.2) is 4.79 Å². The van der Waals surface area contributed by atoms with Gasteiger partial charge in [0, 0.05) is 25.7 Å². The third kappa shape index (κ3) is 2.44. The number of nitro benzene ring substituents is 1. The molecule has 1 aromatic rings. The van der Waals surface area contributed by atoms with E-state index in [1.165, 1.54) is 6.07 Å². The Bertz CT molecular complexity index is 590. The van der Waals surface area contributed by atoms with E-state index in [0.717, 1.165) is 32.5 Å². The van der Waals surface area contributed by atoms with Crippen molar-refractivity contribution in [2.45, 2.75) is 18.9 Å². The molecule has 7 heteroatoms. The lowest BCUT2D eigenvalue weighted by Gasteiger charge is -2.38. The second kappa shape index (κ2) is 5.33. The van der Waals surface area contributed by atoms with E-state index in [2.05, 4.69) is 4.90 Å². The molecule has 2 aliphatic rings. The number of benzene rings is 1. The monoisotopic (exact) mass is 291 g/mol. The molecule has 0 bridgehead atoms. The molecule has 0 amide bonds. The quantitative estimate of drug-likeness (QED) is 0.672. The average Bonchev–Trinajstić information content (AvgIpc) is 2.93. The molecule has 0 radical (unpaired) electrons. The highest BCUT2D eigenvalue weighted by Crippen LogP contribution is 2.34. The van der Waals surface area contributed by atoms with Gasteiger partial charge in [0.05, 0.1) is 4.92 Å². The average molecular weight is 291 g/mol. The van der Waals surface area contributed by atoms with E-state index in [9.17, 15) is 14.9 Å². The molecule has 2 saturated heterocycles. The summed E-state index contributed by atoms with van der Waals surface area (Å²) in [6.45, 7) is 3.39. The Kier molecular flexibility index (Phi) is 3.50. The van der Waals surface area contributed by atoms with Crippen LogP contribution in [-0.4, -0.2) is 53.1 Å². The summed E-state index contributed by atoms with van der Waals surface area (Å²) in [5, 5.41) is 20.5. The van der Waals surface area contributed by atoms with Crippen molar-refractivity contribution in [3.63, 3.8) is 0 Å². The fourth-order valence-corrected chi connectivity index (χ4v) is 3.36. The highest BCUT2D eigenvalue weighted by molar-refractivity contribution is 5.95. The van der Waals surface area contributed by atoms with Gasteiger partial charge >= 0.3 is 11.7 Å². The minimum atomic E-state index is -1.26. The molecule has 2 aliphatic heterocycles. The molecule has 0 aromatic heterocycles. The molecule has 21 heavy (non-hydrogen) atoms. The number of hydrogen-bond acceptors (Lipinski definition) is 5. The Morgan fingerprint density at radius 3 is 2.86 bits per heavy atom. The molecule has 112 valence electrons. The number of hydrogen-bond donors (Lipinski definition) is 1. The SMILES string of the molecule is O=C(O)c1cccc(N2CCN3CCCC3C2)c1[N+](=O)[O-]. The van der Waals surface area contributed by atoms with Crippen molar-refractivity contribution in [3.05, 3.63) is 33.9 Å². The molecule has 2 heterocycles. The molecule has 1 atom stereocenters. The molecule has 2 fully saturated rings. The van der Waals surface area contributed by atoms with Crippen LogP contribution in [0.2, 0.25) is 0 Å². The van der Waals surface area contributed by atoms with Crippen LogP contribution in [0.25, 0.3) is 0 Å². The lowest BCUT2D eigenvalue weighted by atomic mass is 10.1. The summed E-state index contributed by atoms with van der Waals surface area (Å²) in [4.78, 5) is 26.3. The summed E-state index contributed by atoms with van der Waals surface area (Å²) >= 11 is 0. The van der Waals surface area contributed by atoms with Gasteiger partial charge in [-0.2, -0.15) is 0 Å². The first-order chi connectivity index (χ1) is 10.1. The highest BCUT2D eigenvalue weighted by Gasteiger charge is 2.34. The van der Waals surface area contributed by atoms with Gasteiger partial charge in [0.2, 0.25) is 0 Å². The minimum Gasteiger partial charge on any atom is -0.477 e. The van der Waals surface area contributed by atoms with Gasteiger partial charge in [-0.1, -0.05) is 6.07 Å². The van der Waals surface area contributed by atoms with E-state index in [1.807, 2.05) is 4.90 Å². The standard InChI is InChI=1S/C14H17N3O4/c18-14(19)11-4-1-5-12(13(11)17(20)21)16-8-7-15-6-2-3-10(15)9-16/h1,4-5,10H,2-3,6-9H2,(H,18,19). The number of aromatic carboxylic acids is 1. The van der Waals surface area contributed by atoms with Crippen molar-refractivity contribution in [3.8, 4) is 0 Å². The van der Waals surface area contributed by atoms with Gasteiger partial charge in [-0.3, -0.25) is 15.0 Å². The lowest BCUT2D eigenvalue weighted by molar-refractivity contribution is -0.384. The number of carbonyl (C=O) groups is 1. The van der Waals surface area contributed by atoms with E-state index in [-0.39, 0.29) is 11.3 Å². The molecule has 0 spiro atoms. The molecule has 0 saturated carbocycles. The minimum absolute atomic E-state index is 0.244. The van der Waals surface area contributed by atoms with Crippen LogP contribution >= 0.6 is 0 Å². The zero-order valence-corrected chi connectivity index (χ0v) is 11.6. The molecule has 0 aliphatic carbocycles. The summed E-state index contributed by atoms with van der Waals surface area (Å²) in [6, 6.07) is 4.93. The molecular weight excluding hydrogens is 274 g/mol. The van der Waals surface area contributed by atoms with Crippen molar-refractivity contribution in [2.24, 2.45) is 0 Å². The van der Waals surface area contributed by atoms with Crippen LogP contribution < -0.4 is 4.90 Å². The van der Waals surface area contributed by atoms with Gasteiger partial charge in [-0.15, -0.1) is 0 Å². The molecule has 1 N–H and O–H groups in total. The van der Waals surface area contributed by atoms with Gasteiger partial charge in [-0.05, 0) is 31.5 Å². The van der Waals surface area contributed by atoms with Crippen LogP contribution in [0.5, 0.6) is 0 Å². The number of nitro groups is 1. The molecular formula is C14H17N3O4. The number of anilines is 1. The summed E-state index contributed by atoms with van der Waals surface area (Å²) in [5.74, 6) is -1.26. The first-order valence-corrected chi connectivity index (χ1v) is 7.07. The van der Waals surface area contributed by atoms with E-state index in [1.54, 1.807) is 12.1 Å². The van der Waals surface area contributed by atoms with Crippen LogP contribution in [0.15, 0.2) is 18.2 Å². The number of piperazine rings is 1. The number of rotatable bonds is 3. The first-order valence-electron chi connectivity index (χ1n) is 7.07. The molecule has 3 rings (SSSR count). The maximum absolute atomic E-state index is 11.3.